The smallest absolute Gasteiger partial charge is 0.303 e. The SMILES string of the molecule is Cc1cccc(-c2nnc(CC(C)CC(=O)O)o2)c1Cl. The van der Waals surface area contributed by atoms with Gasteiger partial charge in [0.2, 0.25) is 11.8 Å². The van der Waals surface area contributed by atoms with Gasteiger partial charge in [-0.2, -0.15) is 0 Å². The van der Waals surface area contributed by atoms with Gasteiger partial charge in [0.05, 0.1) is 10.6 Å². The molecular weight excluding hydrogens is 280 g/mol. The molecule has 106 valence electrons. The van der Waals surface area contributed by atoms with Gasteiger partial charge in [-0.25, -0.2) is 0 Å². The van der Waals surface area contributed by atoms with Crippen LogP contribution in [0.15, 0.2) is 22.6 Å². The lowest BCUT2D eigenvalue weighted by Gasteiger charge is -2.04. The maximum absolute atomic E-state index is 10.6. The Morgan fingerprint density at radius 2 is 2.20 bits per heavy atom. The van der Waals surface area contributed by atoms with Gasteiger partial charge in [0.15, 0.2) is 0 Å². The number of carboxylic acid groups (broad SMARTS) is 1. The molecule has 2 aromatic rings. The van der Waals surface area contributed by atoms with Crippen molar-refractivity contribution in [2.45, 2.75) is 26.7 Å². The van der Waals surface area contributed by atoms with Crippen molar-refractivity contribution in [2.75, 3.05) is 0 Å². The Morgan fingerprint density at radius 1 is 1.45 bits per heavy atom. The molecule has 1 aromatic carbocycles. The number of nitrogens with zero attached hydrogens (tertiary/aromatic N) is 2. The fourth-order valence-corrected chi connectivity index (χ4v) is 2.13. The molecule has 5 nitrogen and oxygen atoms in total. The molecule has 0 saturated carbocycles. The minimum atomic E-state index is -0.834. The van der Waals surface area contributed by atoms with Gasteiger partial charge < -0.3 is 9.52 Å². The Kier molecular flexibility index (Phi) is 4.39. The molecule has 0 fully saturated rings. The number of benzene rings is 1. The van der Waals surface area contributed by atoms with E-state index in [9.17, 15) is 4.79 Å². The molecule has 0 saturated heterocycles. The summed E-state index contributed by atoms with van der Waals surface area (Å²) < 4.78 is 5.56. The van der Waals surface area contributed by atoms with Crippen LogP contribution in [0.2, 0.25) is 5.02 Å². The van der Waals surface area contributed by atoms with Gasteiger partial charge in [0.1, 0.15) is 0 Å². The summed E-state index contributed by atoms with van der Waals surface area (Å²) in [4.78, 5) is 10.6. The lowest BCUT2D eigenvalue weighted by molar-refractivity contribution is -0.137. The van der Waals surface area contributed by atoms with E-state index in [4.69, 9.17) is 21.1 Å². The number of rotatable bonds is 5. The summed E-state index contributed by atoms with van der Waals surface area (Å²) in [5.41, 5.74) is 1.62. The molecule has 2 rings (SSSR count). The number of carboxylic acids is 1. The number of aliphatic carboxylic acids is 1. The van der Waals surface area contributed by atoms with Gasteiger partial charge in [0.25, 0.3) is 0 Å². The third kappa shape index (κ3) is 3.36. The summed E-state index contributed by atoms with van der Waals surface area (Å²) in [5.74, 6) is -0.115. The van der Waals surface area contributed by atoms with E-state index in [1.54, 1.807) is 0 Å². The Labute approximate surface area is 121 Å². The average Bonchev–Trinajstić information content (AvgIpc) is 2.79. The summed E-state index contributed by atoms with van der Waals surface area (Å²) in [6.45, 7) is 3.73. The predicted octanol–water partition coefficient (Wildman–Crippen LogP) is 3.35. The summed E-state index contributed by atoms with van der Waals surface area (Å²) in [7, 11) is 0. The van der Waals surface area contributed by atoms with Crippen LogP contribution >= 0.6 is 11.6 Å². The van der Waals surface area contributed by atoms with Crippen LogP contribution in [-0.2, 0) is 11.2 Å². The van der Waals surface area contributed by atoms with Gasteiger partial charge in [-0.15, -0.1) is 10.2 Å². The van der Waals surface area contributed by atoms with Gasteiger partial charge in [0, 0.05) is 12.8 Å². The molecule has 1 aromatic heterocycles. The van der Waals surface area contributed by atoms with Crippen molar-refractivity contribution in [1.29, 1.82) is 0 Å². The fourth-order valence-electron chi connectivity index (χ4n) is 1.93. The van der Waals surface area contributed by atoms with Crippen molar-refractivity contribution in [2.24, 2.45) is 5.92 Å². The molecule has 1 heterocycles. The minimum absolute atomic E-state index is 0.0613. The predicted molar refractivity (Wildman–Crippen MR) is 74.6 cm³/mol. The fraction of sp³-hybridized carbons (Fsp3) is 0.357. The number of halogens is 1. The topological polar surface area (TPSA) is 76.2 Å². The van der Waals surface area contributed by atoms with Crippen LogP contribution in [0.25, 0.3) is 11.5 Å². The van der Waals surface area contributed by atoms with E-state index in [2.05, 4.69) is 10.2 Å². The van der Waals surface area contributed by atoms with Crippen LogP contribution in [0.5, 0.6) is 0 Å². The molecular formula is C14H15ClN2O3. The quantitative estimate of drug-likeness (QED) is 0.915. The molecule has 0 aliphatic rings. The molecule has 0 amide bonds. The van der Waals surface area contributed by atoms with Crippen LogP contribution in [0, 0.1) is 12.8 Å². The maximum atomic E-state index is 10.6. The van der Waals surface area contributed by atoms with Crippen molar-refractivity contribution in [3.05, 3.63) is 34.7 Å². The van der Waals surface area contributed by atoms with E-state index in [-0.39, 0.29) is 12.3 Å². The van der Waals surface area contributed by atoms with Crippen LogP contribution in [-0.4, -0.2) is 21.3 Å². The Morgan fingerprint density at radius 3 is 2.90 bits per heavy atom. The molecule has 1 atom stereocenters. The lowest BCUT2D eigenvalue weighted by Crippen LogP contribution is -2.07. The molecule has 6 heteroatoms. The molecule has 1 unspecified atom stereocenters. The van der Waals surface area contributed by atoms with Gasteiger partial charge >= 0.3 is 5.97 Å². The van der Waals surface area contributed by atoms with Crippen LogP contribution in [0.4, 0.5) is 0 Å². The minimum Gasteiger partial charge on any atom is -0.481 e. The van der Waals surface area contributed by atoms with E-state index in [1.807, 2.05) is 32.0 Å². The molecule has 0 bridgehead atoms. The van der Waals surface area contributed by atoms with E-state index in [0.29, 0.717) is 28.8 Å². The highest BCUT2D eigenvalue weighted by atomic mass is 35.5. The molecule has 20 heavy (non-hydrogen) atoms. The number of aromatic nitrogens is 2. The van der Waals surface area contributed by atoms with Crippen LogP contribution in [0.1, 0.15) is 24.8 Å². The van der Waals surface area contributed by atoms with Crippen LogP contribution < -0.4 is 0 Å². The zero-order valence-corrected chi connectivity index (χ0v) is 12.0. The zero-order chi connectivity index (χ0) is 14.7. The monoisotopic (exact) mass is 294 g/mol. The Bertz CT molecular complexity index is 625. The zero-order valence-electron chi connectivity index (χ0n) is 11.3. The average molecular weight is 295 g/mol. The Balaban J connectivity index is 2.17. The number of hydrogen-bond donors (Lipinski definition) is 1. The second-order valence-corrected chi connectivity index (χ2v) is 5.22. The maximum Gasteiger partial charge on any atom is 0.303 e. The lowest BCUT2D eigenvalue weighted by atomic mass is 10.0. The first kappa shape index (κ1) is 14.5. The molecule has 0 aliphatic carbocycles. The first-order valence-electron chi connectivity index (χ1n) is 6.27. The summed E-state index contributed by atoms with van der Waals surface area (Å²) >= 11 is 6.21. The van der Waals surface area contributed by atoms with Crippen molar-refractivity contribution < 1.29 is 14.3 Å². The van der Waals surface area contributed by atoms with Crippen LogP contribution in [0.3, 0.4) is 0 Å². The van der Waals surface area contributed by atoms with Crippen molar-refractivity contribution in [3.63, 3.8) is 0 Å². The van der Waals surface area contributed by atoms with Gasteiger partial charge in [-0.3, -0.25) is 4.79 Å². The number of carbonyl (C=O) groups is 1. The standard InChI is InChI=1S/C14H15ClN2O3/c1-8(7-12(18)19)6-11-16-17-14(20-11)10-5-3-4-9(2)13(10)15/h3-5,8H,6-7H2,1-2H3,(H,18,19). The highest BCUT2D eigenvalue weighted by molar-refractivity contribution is 6.33. The molecule has 0 spiro atoms. The van der Waals surface area contributed by atoms with E-state index >= 15 is 0 Å². The molecule has 0 aliphatic heterocycles. The summed E-state index contributed by atoms with van der Waals surface area (Å²) in [6, 6.07) is 5.58. The third-order valence-corrected chi connectivity index (χ3v) is 3.44. The van der Waals surface area contributed by atoms with Crippen molar-refractivity contribution in [1.82, 2.24) is 10.2 Å². The summed E-state index contributed by atoms with van der Waals surface area (Å²) in [5, 5.41) is 17.2. The van der Waals surface area contributed by atoms with E-state index in [0.717, 1.165) is 5.56 Å². The third-order valence-electron chi connectivity index (χ3n) is 2.94. The largest absolute Gasteiger partial charge is 0.481 e. The van der Waals surface area contributed by atoms with Crippen molar-refractivity contribution >= 4 is 17.6 Å². The highest BCUT2D eigenvalue weighted by Crippen LogP contribution is 2.29. The van der Waals surface area contributed by atoms with Gasteiger partial charge in [-0.1, -0.05) is 30.7 Å². The first-order chi connectivity index (χ1) is 9.47. The first-order valence-corrected chi connectivity index (χ1v) is 6.65. The number of aryl methyl sites for hydroxylation is 1. The molecule has 1 N–H and O–H groups in total. The second-order valence-electron chi connectivity index (χ2n) is 4.84. The second kappa shape index (κ2) is 6.05. The summed E-state index contributed by atoms with van der Waals surface area (Å²) in [6.07, 6.45) is 0.506. The highest BCUT2D eigenvalue weighted by Gasteiger charge is 2.16. The normalized spacial score (nSPS) is 12.3. The number of hydrogen-bond acceptors (Lipinski definition) is 4. The van der Waals surface area contributed by atoms with E-state index in [1.165, 1.54) is 0 Å². The van der Waals surface area contributed by atoms with Gasteiger partial charge in [-0.05, 0) is 24.5 Å². The Hall–Kier alpha value is -1.88. The van der Waals surface area contributed by atoms with E-state index < -0.39 is 5.97 Å². The molecule has 0 radical (unpaired) electrons. The van der Waals surface area contributed by atoms with Crippen molar-refractivity contribution in [3.8, 4) is 11.5 Å².